The standard InChI is InChI=1S/C30H33F2N7O3S/c31-23-10-2-7-19-6-1-9-21(24(19)23)26-25(32)27-22(16-34-26)28(38-13-3-8-20(17-38)37-43(33,40)41)36-29(35-27)42-18-30-11-4-14-39(30)15-5-12-30/h1-2,6-7,9-10,16,20,37H,3-5,8,11-15,17-18H2,(H2,33,40,41). The molecule has 5 heterocycles. The first kappa shape index (κ1) is 28.3. The van der Waals surface area contributed by atoms with E-state index in [9.17, 15) is 12.8 Å². The van der Waals surface area contributed by atoms with Crippen LogP contribution in [-0.2, 0) is 10.2 Å². The smallest absolute Gasteiger partial charge is 0.319 e. The van der Waals surface area contributed by atoms with Gasteiger partial charge in [-0.3, -0.25) is 9.88 Å². The van der Waals surface area contributed by atoms with Crippen LogP contribution in [-0.4, -0.2) is 72.6 Å². The molecule has 0 spiro atoms. The highest BCUT2D eigenvalue weighted by Gasteiger charge is 2.45. The highest BCUT2D eigenvalue weighted by molar-refractivity contribution is 7.87. The zero-order valence-corrected chi connectivity index (χ0v) is 24.4. The minimum absolute atomic E-state index is 0.00655. The molecular weight excluding hydrogens is 576 g/mol. The van der Waals surface area contributed by atoms with Gasteiger partial charge in [-0.1, -0.05) is 30.3 Å². The Morgan fingerprint density at radius 2 is 1.81 bits per heavy atom. The van der Waals surface area contributed by atoms with Gasteiger partial charge in [0.15, 0.2) is 5.82 Å². The maximum atomic E-state index is 16.5. The monoisotopic (exact) mass is 609 g/mol. The molecule has 4 aromatic rings. The summed E-state index contributed by atoms with van der Waals surface area (Å²) >= 11 is 0. The fourth-order valence-electron chi connectivity index (χ4n) is 7.17. The number of rotatable bonds is 7. The van der Waals surface area contributed by atoms with Crippen LogP contribution in [0.1, 0.15) is 38.5 Å². The molecule has 0 radical (unpaired) electrons. The summed E-state index contributed by atoms with van der Waals surface area (Å²) in [5.41, 5.74) is 0.227. The van der Waals surface area contributed by atoms with Crippen LogP contribution < -0.4 is 19.5 Å². The molecule has 0 amide bonds. The van der Waals surface area contributed by atoms with E-state index < -0.39 is 27.9 Å². The number of benzene rings is 2. The van der Waals surface area contributed by atoms with Crippen LogP contribution in [0.2, 0.25) is 0 Å². The molecule has 226 valence electrons. The van der Waals surface area contributed by atoms with Crippen molar-refractivity contribution in [1.82, 2.24) is 24.6 Å². The second-order valence-corrected chi connectivity index (χ2v) is 13.1. The van der Waals surface area contributed by atoms with E-state index in [1.165, 1.54) is 12.3 Å². The number of hydrogen-bond donors (Lipinski definition) is 2. The van der Waals surface area contributed by atoms with E-state index in [1.54, 1.807) is 30.3 Å². The molecule has 13 heteroatoms. The molecule has 3 fully saturated rings. The first-order chi connectivity index (χ1) is 20.7. The second kappa shape index (κ2) is 10.9. The average molecular weight is 610 g/mol. The molecule has 0 bridgehead atoms. The zero-order valence-electron chi connectivity index (χ0n) is 23.6. The quantitative estimate of drug-likeness (QED) is 0.323. The fraction of sp³-hybridized carbons (Fsp3) is 0.433. The van der Waals surface area contributed by atoms with Crippen molar-refractivity contribution in [1.29, 1.82) is 0 Å². The van der Waals surface area contributed by atoms with Crippen molar-refractivity contribution in [2.45, 2.75) is 50.1 Å². The van der Waals surface area contributed by atoms with Gasteiger partial charge in [0.2, 0.25) is 0 Å². The predicted molar refractivity (Wildman–Crippen MR) is 160 cm³/mol. The molecule has 1 atom stereocenters. The third-order valence-corrected chi connectivity index (χ3v) is 9.75. The van der Waals surface area contributed by atoms with Gasteiger partial charge in [-0.25, -0.2) is 13.9 Å². The molecule has 3 aliphatic rings. The minimum Gasteiger partial charge on any atom is -0.461 e. The summed E-state index contributed by atoms with van der Waals surface area (Å²) in [6.45, 7) is 3.29. The van der Waals surface area contributed by atoms with Crippen LogP contribution >= 0.6 is 0 Å². The highest BCUT2D eigenvalue weighted by Crippen LogP contribution is 2.40. The Morgan fingerprint density at radius 3 is 2.58 bits per heavy atom. The van der Waals surface area contributed by atoms with Gasteiger partial charge in [0, 0.05) is 36.3 Å². The van der Waals surface area contributed by atoms with E-state index >= 15 is 4.39 Å². The molecule has 7 rings (SSSR count). The van der Waals surface area contributed by atoms with Crippen molar-refractivity contribution in [3.05, 3.63) is 54.2 Å². The summed E-state index contributed by atoms with van der Waals surface area (Å²) in [7, 11) is -3.91. The van der Waals surface area contributed by atoms with Gasteiger partial charge in [-0.2, -0.15) is 23.1 Å². The van der Waals surface area contributed by atoms with Crippen LogP contribution in [0.25, 0.3) is 32.9 Å². The van der Waals surface area contributed by atoms with Gasteiger partial charge < -0.3 is 9.64 Å². The summed E-state index contributed by atoms with van der Waals surface area (Å²) in [5.74, 6) is -0.782. The lowest BCUT2D eigenvalue weighted by molar-refractivity contribution is 0.108. The average Bonchev–Trinajstić information content (AvgIpc) is 3.56. The largest absolute Gasteiger partial charge is 0.461 e. The fourth-order valence-corrected chi connectivity index (χ4v) is 7.82. The lowest BCUT2D eigenvalue weighted by Gasteiger charge is -2.34. The first-order valence-electron chi connectivity index (χ1n) is 14.7. The van der Waals surface area contributed by atoms with Gasteiger partial charge in [0.1, 0.15) is 29.5 Å². The zero-order chi connectivity index (χ0) is 29.8. The van der Waals surface area contributed by atoms with E-state index in [4.69, 9.17) is 14.9 Å². The van der Waals surface area contributed by atoms with Crippen molar-refractivity contribution in [3.63, 3.8) is 0 Å². The molecule has 3 aliphatic heterocycles. The Labute approximate surface area is 248 Å². The van der Waals surface area contributed by atoms with Crippen molar-refractivity contribution >= 4 is 37.7 Å². The second-order valence-electron chi connectivity index (χ2n) is 11.8. The van der Waals surface area contributed by atoms with Crippen LogP contribution in [0.4, 0.5) is 14.6 Å². The number of pyridine rings is 1. The van der Waals surface area contributed by atoms with Crippen LogP contribution in [0.15, 0.2) is 42.6 Å². The number of anilines is 1. The molecule has 1 unspecified atom stereocenters. The molecule has 2 aromatic heterocycles. The summed E-state index contributed by atoms with van der Waals surface area (Å²) in [6, 6.07) is 9.46. The van der Waals surface area contributed by atoms with Crippen molar-refractivity contribution in [2.75, 3.05) is 37.7 Å². The number of nitrogens with one attached hydrogen (secondary N) is 1. The van der Waals surface area contributed by atoms with Crippen molar-refractivity contribution in [3.8, 4) is 17.3 Å². The molecule has 10 nitrogen and oxygen atoms in total. The first-order valence-corrected chi connectivity index (χ1v) is 16.2. The Bertz CT molecular complexity index is 1810. The van der Waals surface area contributed by atoms with Crippen LogP contribution in [0, 0.1) is 11.6 Å². The maximum Gasteiger partial charge on any atom is 0.319 e. The van der Waals surface area contributed by atoms with Crippen LogP contribution in [0.3, 0.4) is 0 Å². The Kier molecular flexibility index (Phi) is 7.15. The number of piperidine rings is 1. The maximum absolute atomic E-state index is 16.5. The molecule has 2 aromatic carbocycles. The minimum atomic E-state index is -3.91. The van der Waals surface area contributed by atoms with E-state index in [-0.39, 0.29) is 34.7 Å². The third kappa shape index (κ3) is 5.28. The lowest BCUT2D eigenvalue weighted by atomic mass is 9.95. The van der Waals surface area contributed by atoms with E-state index in [0.717, 1.165) is 38.8 Å². The topological polar surface area (TPSA) is 127 Å². The molecule has 3 N–H and O–H groups in total. The van der Waals surface area contributed by atoms with E-state index in [2.05, 4.69) is 19.6 Å². The number of hydrogen-bond acceptors (Lipinski definition) is 8. The Morgan fingerprint density at radius 1 is 1.05 bits per heavy atom. The number of halogens is 2. The summed E-state index contributed by atoms with van der Waals surface area (Å²) in [4.78, 5) is 18.1. The molecule has 0 aliphatic carbocycles. The van der Waals surface area contributed by atoms with Crippen LogP contribution in [0.5, 0.6) is 6.01 Å². The Balaban J connectivity index is 1.33. The summed E-state index contributed by atoms with van der Waals surface area (Å²) in [5, 5.41) is 6.51. The molecule has 0 saturated carbocycles. The SMILES string of the molecule is NS(=O)(=O)NC1CCCN(c2nc(OCC34CCCN3CCC4)nc3c(F)c(-c4cccc5cccc(F)c45)ncc23)C1. The van der Waals surface area contributed by atoms with Gasteiger partial charge in [0.05, 0.1) is 10.9 Å². The lowest BCUT2D eigenvalue weighted by Crippen LogP contribution is -2.49. The molecule has 43 heavy (non-hydrogen) atoms. The van der Waals surface area contributed by atoms with Gasteiger partial charge >= 0.3 is 6.01 Å². The molecule has 3 saturated heterocycles. The normalized spacial score (nSPS) is 20.6. The number of nitrogens with two attached hydrogens (primary N) is 1. The van der Waals surface area contributed by atoms with Gasteiger partial charge in [-0.15, -0.1) is 0 Å². The predicted octanol–water partition coefficient (Wildman–Crippen LogP) is 3.89. The number of nitrogens with zero attached hydrogens (tertiary/aromatic N) is 5. The molecular formula is C30H33F2N7O3S. The summed E-state index contributed by atoms with van der Waals surface area (Å²) in [6.07, 6.45) is 7.01. The van der Waals surface area contributed by atoms with Crippen molar-refractivity contribution in [2.24, 2.45) is 5.14 Å². The third-order valence-electron chi connectivity index (χ3n) is 9.09. The number of ether oxygens (including phenoxy) is 1. The Hall–Kier alpha value is -3.52. The number of aromatic nitrogens is 3. The van der Waals surface area contributed by atoms with E-state index in [1.807, 2.05) is 4.90 Å². The van der Waals surface area contributed by atoms with Gasteiger partial charge in [-0.05, 0) is 63.1 Å². The number of fused-ring (bicyclic) bond motifs is 3. The van der Waals surface area contributed by atoms with Crippen molar-refractivity contribution < 1.29 is 21.9 Å². The van der Waals surface area contributed by atoms with Gasteiger partial charge in [0.25, 0.3) is 10.2 Å². The summed E-state index contributed by atoms with van der Waals surface area (Å²) < 4.78 is 63.8. The highest BCUT2D eigenvalue weighted by atomic mass is 32.2. The van der Waals surface area contributed by atoms with E-state index in [0.29, 0.717) is 48.1 Å².